The highest BCUT2D eigenvalue weighted by molar-refractivity contribution is 6.34. The predicted octanol–water partition coefficient (Wildman–Crippen LogP) is 3.59. The number of carbonyl (C=O) groups is 1. The molecular weight excluding hydrogens is 346 g/mol. The summed E-state index contributed by atoms with van der Waals surface area (Å²) in [5.74, 6) is -0.260. The topological polar surface area (TPSA) is 114 Å². The summed E-state index contributed by atoms with van der Waals surface area (Å²) in [7, 11) is 0. The van der Waals surface area contributed by atoms with E-state index in [4.69, 9.17) is 11.6 Å². The van der Waals surface area contributed by atoms with Gasteiger partial charge in [-0.05, 0) is 25.1 Å². The molecule has 0 aliphatic carbocycles. The maximum atomic E-state index is 12.4. The summed E-state index contributed by atoms with van der Waals surface area (Å²) in [5, 5.41) is 20.6. The number of H-pyrrole nitrogens is 1. The SMILES string of the molecule is Cc1c(NC(=O)c2cc([N+](=O)[O-])ccc2Cl)n[nH]c1-c1ccncc1. The van der Waals surface area contributed by atoms with Crippen molar-refractivity contribution in [3.63, 3.8) is 0 Å². The number of nitro groups is 1. The lowest BCUT2D eigenvalue weighted by atomic mass is 10.1. The van der Waals surface area contributed by atoms with Crippen LogP contribution in [-0.2, 0) is 0 Å². The van der Waals surface area contributed by atoms with Crippen LogP contribution in [0.3, 0.4) is 0 Å². The molecule has 1 aromatic carbocycles. The molecule has 0 radical (unpaired) electrons. The molecule has 9 heteroatoms. The lowest BCUT2D eigenvalue weighted by Gasteiger charge is -2.05. The van der Waals surface area contributed by atoms with Crippen LogP contribution in [0, 0.1) is 17.0 Å². The quantitative estimate of drug-likeness (QED) is 0.547. The minimum absolute atomic E-state index is 0.00345. The number of benzene rings is 1. The van der Waals surface area contributed by atoms with E-state index in [-0.39, 0.29) is 16.3 Å². The summed E-state index contributed by atoms with van der Waals surface area (Å²) in [6.45, 7) is 1.80. The zero-order chi connectivity index (χ0) is 18.0. The second kappa shape index (κ2) is 6.70. The van der Waals surface area contributed by atoms with Gasteiger partial charge in [0.15, 0.2) is 5.82 Å². The van der Waals surface area contributed by atoms with E-state index in [1.807, 2.05) is 12.1 Å². The Morgan fingerprint density at radius 3 is 2.68 bits per heavy atom. The number of hydrogen-bond donors (Lipinski definition) is 2. The van der Waals surface area contributed by atoms with E-state index in [9.17, 15) is 14.9 Å². The monoisotopic (exact) mass is 357 g/mol. The molecule has 0 saturated carbocycles. The van der Waals surface area contributed by atoms with Crippen LogP contribution in [0.2, 0.25) is 5.02 Å². The fraction of sp³-hybridized carbons (Fsp3) is 0.0625. The van der Waals surface area contributed by atoms with Crippen molar-refractivity contribution in [2.24, 2.45) is 0 Å². The van der Waals surface area contributed by atoms with Gasteiger partial charge in [-0.15, -0.1) is 0 Å². The average molecular weight is 358 g/mol. The summed E-state index contributed by atoms with van der Waals surface area (Å²) >= 11 is 5.98. The van der Waals surface area contributed by atoms with Gasteiger partial charge >= 0.3 is 0 Å². The van der Waals surface area contributed by atoms with Crippen LogP contribution in [0.5, 0.6) is 0 Å². The Morgan fingerprint density at radius 2 is 2.00 bits per heavy atom. The molecule has 25 heavy (non-hydrogen) atoms. The van der Waals surface area contributed by atoms with E-state index in [1.165, 1.54) is 12.1 Å². The highest BCUT2D eigenvalue weighted by Crippen LogP contribution is 2.27. The average Bonchev–Trinajstić information content (AvgIpc) is 2.96. The second-order valence-electron chi connectivity index (χ2n) is 5.18. The number of carbonyl (C=O) groups excluding carboxylic acids is 1. The molecule has 2 aromatic heterocycles. The van der Waals surface area contributed by atoms with Gasteiger partial charge in [0.2, 0.25) is 0 Å². The van der Waals surface area contributed by atoms with Crippen molar-refractivity contribution < 1.29 is 9.72 Å². The lowest BCUT2D eigenvalue weighted by Crippen LogP contribution is -2.14. The number of aromatic nitrogens is 3. The van der Waals surface area contributed by atoms with Crippen LogP contribution in [0.15, 0.2) is 42.7 Å². The molecule has 3 aromatic rings. The number of nitro benzene ring substituents is 1. The molecule has 0 aliphatic heterocycles. The van der Waals surface area contributed by atoms with Gasteiger partial charge in [0.25, 0.3) is 11.6 Å². The fourth-order valence-corrected chi connectivity index (χ4v) is 2.50. The van der Waals surface area contributed by atoms with Gasteiger partial charge in [-0.3, -0.25) is 25.0 Å². The molecular formula is C16H12ClN5O3. The van der Waals surface area contributed by atoms with Crippen LogP contribution in [0.1, 0.15) is 15.9 Å². The van der Waals surface area contributed by atoms with Gasteiger partial charge < -0.3 is 5.32 Å². The minimum Gasteiger partial charge on any atom is -0.305 e. The Balaban J connectivity index is 1.89. The lowest BCUT2D eigenvalue weighted by molar-refractivity contribution is -0.384. The van der Waals surface area contributed by atoms with E-state index >= 15 is 0 Å². The number of non-ortho nitro benzene ring substituents is 1. The van der Waals surface area contributed by atoms with Crippen molar-refractivity contribution >= 4 is 29.0 Å². The first-order chi connectivity index (χ1) is 12.0. The number of amides is 1. The van der Waals surface area contributed by atoms with Crippen LogP contribution in [-0.4, -0.2) is 26.0 Å². The van der Waals surface area contributed by atoms with Crippen molar-refractivity contribution in [3.8, 4) is 11.3 Å². The summed E-state index contributed by atoms with van der Waals surface area (Å²) in [4.78, 5) is 26.7. The zero-order valence-corrected chi connectivity index (χ0v) is 13.7. The Hall–Kier alpha value is -3.26. The summed E-state index contributed by atoms with van der Waals surface area (Å²) in [5.41, 5.74) is 2.12. The summed E-state index contributed by atoms with van der Waals surface area (Å²) < 4.78 is 0. The van der Waals surface area contributed by atoms with Gasteiger partial charge in [0, 0.05) is 35.7 Å². The number of anilines is 1. The first kappa shape index (κ1) is 16.6. The number of hydrogen-bond acceptors (Lipinski definition) is 5. The third kappa shape index (κ3) is 3.33. The Labute approximate surface area is 147 Å². The highest BCUT2D eigenvalue weighted by atomic mass is 35.5. The normalized spacial score (nSPS) is 10.5. The number of nitrogens with zero attached hydrogens (tertiary/aromatic N) is 3. The minimum atomic E-state index is -0.589. The molecule has 0 unspecified atom stereocenters. The molecule has 1 amide bonds. The smallest absolute Gasteiger partial charge is 0.270 e. The third-order valence-electron chi connectivity index (χ3n) is 3.62. The molecule has 2 heterocycles. The molecule has 8 nitrogen and oxygen atoms in total. The number of pyridine rings is 1. The molecule has 0 fully saturated rings. The van der Waals surface area contributed by atoms with E-state index in [2.05, 4.69) is 20.5 Å². The van der Waals surface area contributed by atoms with Crippen LogP contribution in [0.4, 0.5) is 11.5 Å². The molecule has 0 aliphatic rings. The predicted molar refractivity (Wildman–Crippen MR) is 92.6 cm³/mol. The van der Waals surface area contributed by atoms with Gasteiger partial charge in [0.1, 0.15) is 0 Å². The molecule has 0 spiro atoms. The van der Waals surface area contributed by atoms with Crippen molar-refractivity contribution in [2.45, 2.75) is 6.92 Å². The van der Waals surface area contributed by atoms with Gasteiger partial charge in [-0.1, -0.05) is 11.6 Å². The Morgan fingerprint density at radius 1 is 1.28 bits per heavy atom. The first-order valence-electron chi connectivity index (χ1n) is 7.18. The zero-order valence-electron chi connectivity index (χ0n) is 13.0. The van der Waals surface area contributed by atoms with E-state index in [1.54, 1.807) is 19.3 Å². The van der Waals surface area contributed by atoms with Crippen molar-refractivity contribution in [1.29, 1.82) is 0 Å². The Bertz CT molecular complexity index is 956. The van der Waals surface area contributed by atoms with Crippen LogP contribution >= 0.6 is 11.6 Å². The number of halogens is 1. The second-order valence-corrected chi connectivity index (χ2v) is 5.59. The largest absolute Gasteiger partial charge is 0.305 e. The van der Waals surface area contributed by atoms with Gasteiger partial charge in [-0.2, -0.15) is 5.10 Å². The van der Waals surface area contributed by atoms with Crippen LogP contribution < -0.4 is 5.32 Å². The van der Waals surface area contributed by atoms with E-state index < -0.39 is 10.8 Å². The van der Waals surface area contributed by atoms with Gasteiger partial charge in [-0.25, -0.2) is 0 Å². The highest BCUT2D eigenvalue weighted by Gasteiger charge is 2.19. The van der Waals surface area contributed by atoms with E-state index in [0.717, 1.165) is 22.9 Å². The number of aromatic amines is 1. The number of nitrogens with one attached hydrogen (secondary N) is 2. The van der Waals surface area contributed by atoms with Gasteiger partial charge in [0.05, 0.1) is 21.2 Å². The molecule has 0 saturated heterocycles. The summed E-state index contributed by atoms with van der Waals surface area (Å²) in [6, 6.07) is 7.30. The first-order valence-corrected chi connectivity index (χ1v) is 7.56. The maximum Gasteiger partial charge on any atom is 0.270 e. The van der Waals surface area contributed by atoms with Crippen molar-refractivity contribution in [3.05, 3.63) is 69.0 Å². The van der Waals surface area contributed by atoms with Crippen molar-refractivity contribution in [2.75, 3.05) is 5.32 Å². The molecule has 2 N–H and O–H groups in total. The Kier molecular flexibility index (Phi) is 4.44. The summed E-state index contributed by atoms with van der Waals surface area (Å²) in [6.07, 6.45) is 3.30. The third-order valence-corrected chi connectivity index (χ3v) is 3.95. The molecule has 0 bridgehead atoms. The van der Waals surface area contributed by atoms with Crippen molar-refractivity contribution in [1.82, 2.24) is 15.2 Å². The standard InChI is InChI=1S/C16H12ClN5O3/c1-9-14(10-4-6-18-7-5-10)20-21-15(9)19-16(23)12-8-11(22(24)25)2-3-13(12)17/h2-8H,1H3,(H2,19,20,21,23). The molecule has 3 rings (SSSR count). The van der Waals surface area contributed by atoms with E-state index in [0.29, 0.717) is 5.82 Å². The number of rotatable bonds is 4. The fourth-order valence-electron chi connectivity index (χ4n) is 2.29. The molecule has 126 valence electrons. The van der Waals surface area contributed by atoms with Crippen LogP contribution in [0.25, 0.3) is 11.3 Å². The molecule has 0 atom stereocenters. The maximum absolute atomic E-state index is 12.4.